The van der Waals surface area contributed by atoms with Crippen LogP contribution in [0.5, 0.6) is 0 Å². The van der Waals surface area contributed by atoms with Gasteiger partial charge in [-0.2, -0.15) is 0 Å². The third-order valence-electron chi connectivity index (χ3n) is 5.81. The fourth-order valence-corrected chi connectivity index (χ4v) is 4.97. The molecule has 0 radical (unpaired) electrons. The molecule has 2 aliphatic rings. The van der Waals surface area contributed by atoms with E-state index in [1.165, 1.54) is 36.0 Å². The van der Waals surface area contributed by atoms with E-state index in [4.69, 9.17) is 0 Å². The average Bonchev–Trinajstić information content (AvgIpc) is 2.53. The summed E-state index contributed by atoms with van der Waals surface area (Å²) in [5.41, 5.74) is 8.31. The minimum atomic E-state index is 0.332. The van der Waals surface area contributed by atoms with Crippen LogP contribution in [0.15, 0.2) is 54.6 Å². The summed E-state index contributed by atoms with van der Waals surface area (Å²) in [7, 11) is 0. The Morgan fingerprint density at radius 2 is 1.42 bits per heavy atom. The van der Waals surface area contributed by atoms with Crippen molar-refractivity contribution in [2.24, 2.45) is 10.8 Å². The van der Waals surface area contributed by atoms with E-state index in [0.717, 1.165) is 5.92 Å². The van der Waals surface area contributed by atoms with E-state index in [9.17, 15) is 0 Å². The summed E-state index contributed by atoms with van der Waals surface area (Å²) >= 11 is 0. The molecule has 0 aliphatic heterocycles. The lowest BCUT2D eigenvalue weighted by Gasteiger charge is -2.35. The Hall–Kier alpha value is -1.82. The fourth-order valence-electron chi connectivity index (χ4n) is 4.97. The molecule has 0 fully saturated rings. The topological polar surface area (TPSA) is 0 Å². The molecule has 2 aromatic rings. The number of hydrogen-bond donors (Lipinski definition) is 0. The lowest BCUT2D eigenvalue weighted by Crippen LogP contribution is -2.24. The first-order chi connectivity index (χ1) is 12.2. The van der Waals surface area contributed by atoms with Gasteiger partial charge < -0.3 is 0 Å². The Bertz CT molecular complexity index is 804. The summed E-state index contributed by atoms with van der Waals surface area (Å²) in [6, 6.07) is 17.6. The summed E-state index contributed by atoms with van der Waals surface area (Å²) in [4.78, 5) is 0. The first-order valence-corrected chi connectivity index (χ1v) is 10.0. The summed E-state index contributed by atoms with van der Waals surface area (Å²) < 4.78 is 0. The Morgan fingerprint density at radius 3 is 2.15 bits per heavy atom. The van der Waals surface area contributed by atoms with E-state index in [2.05, 4.69) is 96.1 Å². The third-order valence-corrected chi connectivity index (χ3v) is 5.81. The van der Waals surface area contributed by atoms with Gasteiger partial charge >= 0.3 is 0 Å². The van der Waals surface area contributed by atoms with Crippen molar-refractivity contribution in [1.29, 1.82) is 0 Å². The summed E-state index contributed by atoms with van der Waals surface area (Å²) in [5.74, 6) is 0.736. The van der Waals surface area contributed by atoms with Crippen molar-refractivity contribution < 1.29 is 0 Å². The van der Waals surface area contributed by atoms with Crippen LogP contribution in [0.2, 0.25) is 0 Å². The molecule has 1 atom stereocenters. The molecule has 0 heterocycles. The van der Waals surface area contributed by atoms with Crippen LogP contribution >= 0.6 is 0 Å². The highest BCUT2D eigenvalue weighted by Crippen LogP contribution is 2.41. The predicted octanol–water partition coefficient (Wildman–Crippen LogP) is 7.43. The molecule has 1 unspecified atom stereocenters. The van der Waals surface area contributed by atoms with Gasteiger partial charge in [0.2, 0.25) is 0 Å². The van der Waals surface area contributed by atoms with Gasteiger partial charge in [-0.15, -0.1) is 0 Å². The van der Waals surface area contributed by atoms with Gasteiger partial charge in [0, 0.05) is 0 Å². The van der Waals surface area contributed by atoms with Crippen LogP contribution in [-0.2, 0) is 12.8 Å². The molecule has 26 heavy (non-hydrogen) atoms. The van der Waals surface area contributed by atoms with Crippen LogP contribution in [0.25, 0.3) is 5.57 Å². The second-order valence-electron chi connectivity index (χ2n) is 9.79. The van der Waals surface area contributed by atoms with Gasteiger partial charge in [-0.05, 0) is 70.8 Å². The zero-order valence-electron chi connectivity index (χ0n) is 17.4. The molecule has 0 amide bonds. The molecule has 4 rings (SSSR count). The van der Waals surface area contributed by atoms with Crippen LogP contribution in [0, 0.1) is 10.8 Å². The molecule has 0 N–H and O–H groups in total. The monoisotopic (exact) mass is 346 g/mol. The Labute approximate surface area is 160 Å². The third kappa shape index (κ3) is 4.29. The maximum atomic E-state index is 2.38. The number of fused-ring (bicyclic) bond motifs is 2. The van der Waals surface area contributed by atoms with Crippen molar-refractivity contribution in [3.05, 3.63) is 76.9 Å². The molecular weight excluding hydrogens is 312 g/mol. The molecular formula is C26H34. The van der Waals surface area contributed by atoms with E-state index in [0.29, 0.717) is 10.8 Å². The Balaban J connectivity index is 0.000000151. The number of rotatable bonds is 0. The smallest absolute Gasteiger partial charge is 0.0128 e. The fraction of sp³-hybridized carbons (Fsp3) is 0.462. The lowest BCUT2D eigenvalue weighted by atomic mass is 9.70. The highest BCUT2D eigenvalue weighted by molar-refractivity contribution is 5.69. The van der Waals surface area contributed by atoms with Crippen molar-refractivity contribution in [3.8, 4) is 0 Å². The summed E-state index contributed by atoms with van der Waals surface area (Å²) in [5, 5.41) is 0. The zero-order valence-corrected chi connectivity index (χ0v) is 17.4. The summed E-state index contributed by atoms with van der Waals surface area (Å²) in [6.45, 7) is 13.9. The van der Waals surface area contributed by atoms with Crippen LogP contribution in [-0.4, -0.2) is 0 Å². The zero-order chi connectivity index (χ0) is 18.9. The maximum Gasteiger partial charge on any atom is -0.0128 e. The summed E-state index contributed by atoms with van der Waals surface area (Å²) in [6.07, 6.45) is 6.12. The van der Waals surface area contributed by atoms with Gasteiger partial charge in [0.25, 0.3) is 0 Å². The molecule has 0 heteroatoms. The molecule has 0 saturated heterocycles. The molecule has 0 nitrogen and oxygen atoms in total. The standard InChI is InChI=1S/C13H18.C13H16/c2*1-10-8-13(2,3)9-11-6-4-5-7-12(10)11/h4-7,10H,8-9H2,1-3H3;4-8H,9H2,1-3H3. The average molecular weight is 347 g/mol. The number of allylic oxidation sites excluding steroid dienone is 2. The van der Waals surface area contributed by atoms with Crippen LogP contribution in [0.1, 0.15) is 76.1 Å². The van der Waals surface area contributed by atoms with Gasteiger partial charge in [0.15, 0.2) is 0 Å². The highest BCUT2D eigenvalue weighted by Gasteiger charge is 2.29. The SMILES string of the molecule is CC1=CC(C)(C)Cc2ccccc21.CC1CC(C)(C)Cc2ccccc21. The van der Waals surface area contributed by atoms with Crippen LogP contribution in [0.4, 0.5) is 0 Å². The van der Waals surface area contributed by atoms with Gasteiger partial charge in [0.1, 0.15) is 0 Å². The minimum Gasteiger partial charge on any atom is -0.0750 e. The number of benzene rings is 2. The second kappa shape index (κ2) is 7.06. The van der Waals surface area contributed by atoms with Gasteiger partial charge in [-0.1, -0.05) is 89.2 Å². The predicted molar refractivity (Wildman–Crippen MR) is 115 cm³/mol. The maximum absolute atomic E-state index is 2.38. The molecule has 138 valence electrons. The molecule has 0 bridgehead atoms. The lowest BCUT2D eigenvalue weighted by molar-refractivity contribution is 0.288. The van der Waals surface area contributed by atoms with E-state index in [1.807, 2.05) is 0 Å². The quantitative estimate of drug-likeness (QED) is 0.465. The second-order valence-corrected chi connectivity index (χ2v) is 9.79. The largest absolute Gasteiger partial charge is 0.0750 e. The van der Waals surface area contributed by atoms with Crippen molar-refractivity contribution in [2.75, 3.05) is 0 Å². The Kier molecular flexibility index (Phi) is 5.15. The van der Waals surface area contributed by atoms with Crippen molar-refractivity contribution >= 4 is 5.57 Å². The van der Waals surface area contributed by atoms with Crippen molar-refractivity contribution in [2.45, 2.75) is 66.7 Å². The van der Waals surface area contributed by atoms with E-state index >= 15 is 0 Å². The molecule has 0 saturated carbocycles. The van der Waals surface area contributed by atoms with Gasteiger partial charge in [-0.3, -0.25) is 0 Å². The van der Waals surface area contributed by atoms with Gasteiger partial charge in [-0.25, -0.2) is 0 Å². The van der Waals surface area contributed by atoms with Crippen molar-refractivity contribution in [3.63, 3.8) is 0 Å². The first kappa shape index (κ1) is 19.0. The molecule has 0 spiro atoms. The van der Waals surface area contributed by atoms with E-state index in [1.54, 1.807) is 11.1 Å². The van der Waals surface area contributed by atoms with Crippen molar-refractivity contribution in [1.82, 2.24) is 0 Å². The van der Waals surface area contributed by atoms with Gasteiger partial charge in [0.05, 0.1) is 0 Å². The molecule has 2 aromatic carbocycles. The first-order valence-electron chi connectivity index (χ1n) is 10.0. The molecule has 2 aliphatic carbocycles. The van der Waals surface area contributed by atoms with E-state index < -0.39 is 0 Å². The molecule has 0 aromatic heterocycles. The minimum absolute atomic E-state index is 0.332. The van der Waals surface area contributed by atoms with Crippen LogP contribution < -0.4 is 0 Å². The normalized spacial score (nSPS) is 22.2. The number of hydrogen-bond acceptors (Lipinski definition) is 0. The van der Waals surface area contributed by atoms with E-state index in [-0.39, 0.29) is 0 Å². The highest BCUT2D eigenvalue weighted by atomic mass is 14.3. The Morgan fingerprint density at radius 1 is 0.808 bits per heavy atom. The van der Waals surface area contributed by atoms with Crippen LogP contribution in [0.3, 0.4) is 0 Å².